The van der Waals surface area contributed by atoms with E-state index in [1.54, 1.807) is 0 Å². The number of imidazole rings is 1. The highest BCUT2D eigenvalue weighted by molar-refractivity contribution is 7.98. The summed E-state index contributed by atoms with van der Waals surface area (Å²) in [7, 11) is 0. The minimum atomic E-state index is 0.426. The Labute approximate surface area is 111 Å². The predicted molar refractivity (Wildman–Crippen MR) is 75.0 cm³/mol. The van der Waals surface area contributed by atoms with Gasteiger partial charge >= 0.3 is 0 Å². The van der Waals surface area contributed by atoms with Gasteiger partial charge in [-0.25, -0.2) is 4.98 Å². The number of aryl methyl sites for hydroxylation is 1. The van der Waals surface area contributed by atoms with Gasteiger partial charge in [0.1, 0.15) is 11.3 Å². The molecule has 1 unspecified atom stereocenters. The molecule has 92 valence electrons. The van der Waals surface area contributed by atoms with Crippen LogP contribution < -0.4 is 0 Å². The zero-order chi connectivity index (χ0) is 12.3. The fourth-order valence-electron chi connectivity index (χ4n) is 2.07. The third kappa shape index (κ3) is 2.58. The fourth-order valence-corrected chi connectivity index (χ4v) is 2.87. The smallest absolute Gasteiger partial charge is 0.111 e. The summed E-state index contributed by atoms with van der Waals surface area (Å²) in [5.74, 6) is 2.73. The van der Waals surface area contributed by atoms with Gasteiger partial charge in [-0.2, -0.15) is 11.8 Å². The molecule has 0 aromatic carbocycles. The topological polar surface area (TPSA) is 30.7 Å². The van der Waals surface area contributed by atoms with Crippen molar-refractivity contribution in [1.29, 1.82) is 0 Å². The first-order chi connectivity index (χ1) is 8.27. The number of halogens is 1. The standard InChI is InChI=1S/C12H16ClN3S/c1-9(8-17-2)16-11-4-6-14-7-10(11)15-12(16)3-5-13/h4,6-7,9H,3,5,8H2,1-2H3. The molecule has 2 heterocycles. The summed E-state index contributed by atoms with van der Waals surface area (Å²) in [6.07, 6.45) is 6.56. The highest BCUT2D eigenvalue weighted by Gasteiger charge is 2.14. The molecule has 0 aliphatic heterocycles. The third-order valence-electron chi connectivity index (χ3n) is 2.73. The van der Waals surface area contributed by atoms with Crippen molar-refractivity contribution >= 4 is 34.4 Å². The van der Waals surface area contributed by atoms with Crippen molar-refractivity contribution in [3.63, 3.8) is 0 Å². The summed E-state index contributed by atoms with van der Waals surface area (Å²) in [6, 6.07) is 2.45. The first kappa shape index (κ1) is 12.7. The summed E-state index contributed by atoms with van der Waals surface area (Å²) < 4.78 is 2.29. The summed E-state index contributed by atoms with van der Waals surface area (Å²) in [6.45, 7) is 2.22. The Balaban J connectivity index is 2.51. The second kappa shape index (κ2) is 5.74. The van der Waals surface area contributed by atoms with Gasteiger partial charge in [-0.1, -0.05) is 0 Å². The number of nitrogens with zero attached hydrogens (tertiary/aromatic N) is 3. The van der Waals surface area contributed by atoms with Crippen molar-refractivity contribution in [1.82, 2.24) is 14.5 Å². The highest BCUT2D eigenvalue weighted by atomic mass is 35.5. The van der Waals surface area contributed by atoms with Crippen molar-refractivity contribution in [3.05, 3.63) is 24.3 Å². The van der Waals surface area contributed by atoms with Crippen LogP contribution in [0.1, 0.15) is 18.8 Å². The molecule has 0 bridgehead atoms. The molecule has 17 heavy (non-hydrogen) atoms. The minimum Gasteiger partial charge on any atom is -0.324 e. The summed E-state index contributed by atoms with van der Waals surface area (Å²) in [5.41, 5.74) is 2.11. The lowest BCUT2D eigenvalue weighted by molar-refractivity contribution is 0.597. The Kier molecular flexibility index (Phi) is 4.29. The van der Waals surface area contributed by atoms with Crippen LogP contribution in [0.5, 0.6) is 0 Å². The molecule has 5 heteroatoms. The van der Waals surface area contributed by atoms with Gasteiger partial charge in [-0.15, -0.1) is 11.6 Å². The number of aromatic nitrogens is 3. The molecule has 2 aromatic rings. The largest absolute Gasteiger partial charge is 0.324 e. The maximum absolute atomic E-state index is 5.84. The van der Waals surface area contributed by atoms with Crippen LogP contribution in [0.15, 0.2) is 18.5 Å². The lowest BCUT2D eigenvalue weighted by Gasteiger charge is -2.16. The van der Waals surface area contributed by atoms with Crippen molar-refractivity contribution in [2.45, 2.75) is 19.4 Å². The molecule has 0 radical (unpaired) electrons. The first-order valence-electron chi connectivity index (χ1n) is 5.63. The lowest BCUT2D eigenvalue weighted by Crippen LogP contribution is -2.12. The van der Waals surface area contributed by atoms with Gasteiger partial charge in [0, 0.05) is 30.3 Å². The quantitative estimate of drug-likeness (QED) is 0.782. The van der Waals surface area contributed by atoms with Gasteiger partial charge in [0.2, 0.25) is 0 Å². The molecule has 2 aromatic heterocycles. The molecule has 0 N–H and O–H groups in total. The van der Waals surface area contributed by atoms with Gasteiger partial charge < -0.3 is 4.57 Å². The number of rotatable bonds is 5. The van der Waals surface area contributed by atoms with Crippen LogP contribution in [-0.4, -0.2) is 32.4 Å². The van der Waals surface area contributed by atoms with Crippen LogP contribution >= 0.6 is 23.4 Å². The zero-order valence-electron chi connectivity index (χ0n) is 10.1. The molecule has 0 spiro atoms. The molecule has 0 aliphatic carbocycles. The molecule has 0 saturated carbocycles. The van der Waals surface area contributed by atoms with Crippen LogP contribution in [0.25, 0.3) is 11.0 Å². The first-order valence-corrected chi connectivity index (χ1v) is 7.56. The van der Waals surface area contributed by atoms with E-state index in [0.717, 1.165) is 29.0 Å². The van der Waals surface area contributed by atoms with Gasteiger partial charge in [0.05, 0.1) is 11.7 Å². The predicted octanol–water partition coefficient (Wildman–Crippen LogP) is 3.14. The van der Waals surface area contributed by atoms with Crippen LogP contribution in [0.3, 0.4) is 0 Å². The SMILES string of the molecule is CSCC(C)n1c(CCCl)nc2cnccc21. The van der Waals surface area contributed by atoms with Crippen molar-refractivity contribution in [2.24, 2.45) is 0 Å². The maximum atomic E-state index is 5.84. The zero-order valence-corrected chi connectivity index (χ0v) is 11.6. The van der Waals surface area contributed by atoms with E-state index in [1.165, 1.54) is 0 Å². The lowest BCUT2D eigenvalue weighted by atomic mass is 10.3. The van der Waals surface area contributed by atoms with E-state index < -0.39 is 0 Å². The summed E-state index contributed by atoms with van der Waals surface area (Å²) >= 11 is 7.69. The maximum Gasteiger partial charge on any atom is 0.111 e. The molecular formula is C12H16ClN3S. The van der Waals surface area contributed by atoms with Gasteiger partial charge in [-0.05, 0) is 19.2 Å². The number of thioether (sulfide) groups is 1. The average molecular weight is 270 g/mol. The van der Waals surface area contributed by atoms with Crippen molar-refractivity contribution < 1.29 is 0 Å². The molecule has 0 aliphatic rings. The average Bonchev–Trinajstić information content (AvgIpc) is 2.67. The van der Waals surface area contributed by atoms with E-state index in [9.17, 15) is 0 Å². The van der Waals surface area contributed by atoms with Crippen molar-refractivity contribution in [2.75, 3.05) is 17.9 Å². The number of hydrogen-bond acceptors (Lipinski definition) is 3. The Morgan fingerprint density at radius 1 is 1.53 bits per heavy atom. The fraction of sp³-hybridized carbons (Fsp3) is 0.500. The van der Waals surface area contributed by atoms with E-state index in [0.29, 0.717) is 11.9 Å². The van der Waals surface area contributed by atoms with Gasteiger partial charge in [-0.3, -0.25) is 4.98 Å². The molecule has 0 saturated heterocycles. The van der Waals surface area contributed by atoms with E-state index in [2.05, 4.69) is 27.7 Å². The molecule has 2 rings (SSSR count). The van der Waals surface area contributed by atoms with Gasteiger partial charge in [0.15, 0.2) is 0 Å². The highest BCUT2D eigenvalue weighted by Crippen LogP contribution is 2.23. The third-order valence-corrected chi connectivity index (χ3v) is 3.74. The number of fused-ring (bicyclic) bond motifs is 1. The van der Waals surface area contributed by atoms with E-state index in [-0.39, 0.29) is 0 Å². The van der Waals surface area contributed by atoms with Crippen LogP contribution in [-0.2, 0) is 6.42 Å². The Morgan fingerprint density at radius 2 is 2.35 bits per heavy atom. The summed E-state index contributed by atoms with van der Waals surface area (Å²) in [5, 5.41) is 0. The summed E-state index contributed by atoms with van der Waals surface area (Å²) in [4.78, 5) is 8.73. The van der Waals surface area contributed by atoms with Crippen molar-refractivity contribution in [3.8, 4) is 0 Å². The molecule has 0 fully saturated rings. The minimum absolute atomic E-state index is 0.426. The second-order valence-electron chi connectivity index (χ2n) is 4.01. The molecular weight excluding hydrogens is 254 g/mol. The normalized spacial score (nSPS) is 13.1. The van der Waals surface area contributed by atoms with E-state index in [1.807, 2.05) is 30.2 Å². The monoisotopic (exact) mass is 269 g/mol. The van der Waals surface area contributed by atoms with E-state index >= 15 is 0 Å². The number of alkyl halides is 1. The van der Waals surface area contributed by atoms with Crippen LogP contribution in [0, 0.1) is 0 Å². The number of hydrogen-bond donors (Lipinski definition) is 0. The molecule has 0 amide bonds. The number of pyridine rings is 1. The molecule has 1 atom stereocenters. The Morgan fingerprint density at radius 3 is 3.06 bits per heavy atom. The second-order valence-corrected chi connectivity index (χ2v) is 5.29. The molecule has 3 nitrogen and oxygen atoms in total. The van der Waals surface area contributed by atoms with Crippen LogP contribution in [0.2, 0.25) is 0 Å². The Bertz CT molecular complexity index is 497. The van der Waals surface area contributed by atoms with Crippen LogP contribution in [0.4, 0.5) is 0 Å². The van der Waals surface area contributed by atoms with Gasteiger partial charge in [0.25, 0.3) is 0 Å². The Hall–Kier alpha value is -0.740. The van der Waals surface area contributed by atoms with E-state index in [4.69, 9.17) is 11.6 Å².